The zero-order valence-electron chi connectivity index (χ0n) is 21.4. The van der Waals surface area contributed by atoms with Crippen LogP contribution in [0.15, 0.2) is 60.0 Å². The summed E-state index contributed by atoms with van der Waals surface area (Å²) in [6.07, 6.45) is 0.912. The number of nitro groups is 1. The summed E-state index contributed by atoms with van der Waals surface area (Å²) in [7, 11) is 1.65. The monoisotopic (exact) mass is 534 g/mol. The first-order valence-electron chi connectivity index (χ1n) is 12.6. The van der Waals surface area contributed by atoms with Gasteiger partial charge in [-0.05, 0) is 54.1 Å². The van der Waals surface area contributed by atoms with E-state index in [0.717, 1.165) is 24.3 Å². The number of nitrogens with zero attached hydrogens (tertiary/aromatic N) is 4. The second kappa shape index (κ2) is 10.9. The SMILES string of the molecule is COc1ccc([C@H]2c3ccsc3CCN2CC(=O)N2CCN(C(=O)c3cccc([N+](=O)[O-])c3)[C@@H](C)C2)cc1. The van der Waals surface area contributed by atoms with Crippen LogP contribution in [0.25, 0.3) is 0 Å². The Labute approximate surface area is 225 Å². The number of benzene rings is 2. The topological polar surface area (TPSA) is 96.2 Å². The van der Waals surface area contributed by atoms with Gasteiger partial charge in [0, 0.05) is 54.8 Å². The molecular formula is C28H30N4O5S. The molecule has 9 nitrogen and oxygen atoms in total. The van der Waals surface area contributed by atoms with E-state index in [2.05, 4.69) is 28.5 Å². The molecule has 3 aromatic rings. The number of fused-ring (bicyclic) bond motifs is 1. The van der Waals surface area contributed by atoms with E-state index < -0.39 is 4.92 Å². The first-order chi connectivity index (χ1) is 18.4. The van der Waals surface area contributed by atoms with Crippen molar-refractivity contribution in [3.8, 4) is 5.75 Å². The van der Waals surface area contributed by atoms with Gasteiger partial charge in [-0.1, -0.05) is 18.2 Å². The van der Waals surface area contributed by atoms with Crippen LogP contribution in [0.2, 0.25) is 0 Å². The highest BCUT2D eigenvalue weighted by atomic mass is 32.1. The summed E-state index contributed by atoms with van der Waals surface area (Å²) in [6.45, 7) is 4.21. The van der Waals surface area contributed by atoms with E-state index in [1.54, 1.807) is 29.4 Å². The third kappa shape index (κ3) is 5.14. The molecule has 3 heterocycles. The fraction of sp³-hybridized carbons (Fsp3) is 0.357. The molecule has 10 heteroatoms. The second-order valence-corrected chi connectivity index (χ2v) is 10.7. The zero-order valence-corrected chi connectivity index (χ0v) is 22.2. The summed E-state index contributed by atoms with van der Waals surface area (Å²) < 4.78 is 5.33. The van der Waals surface area contributed by atoms with Crippen LogP contribution >= 0.6 is 11.3 Å². The van der Waals surface area contributed by atoms with Gasteiger partial charge in [0.05, 0.1) is 24.6 Å². The number of carbonyl (C=O) groups is 2. The van der Waals surface area contributed by atoms with Crippen molar-refractivity contribution in [1.29, 1.82) is 0 Å². The van der Waals surface area contributed by atoms with E-state index in [9.17, 15) is 19.7 Å². The highest BCUT2D eigenvalue weighted by Crippen LogP contribution is 2.38. The number of hydrogen-bond acceptors (Lipinski definition) is 7. The molecule has 2 aliphatic rings. The van der Waals surface area contributed by atoms with E-state index in [-0.39, 0.29) is 41.7 Å². The summed E-state index contributed by atoms with van der Waals surface area (Å²) in [5, 5.41) is 13.2. The Morgan fingerprint density at radius 2 is 1.89 bits per heavy atom. The molecule has 0 aliphatic carbocycles. The minimum absolute atomic E-state index is 0.00554. The van der Waals surface area contributed by atoms with Crippen LogP contribution in [-0.2, 0) is 11.2 Å². The number of nitro benzene ring substituents is 1. The second-order valence-electron chi connectivity index (χ2n) is 9.69. The highest BCUT2D eigenvalue weighted by Gasteiger charge is 2.35. The van der Waals surface area contributed by atoms with Crippen molar-refractivity contribution in [2.75, 3.05) is 39.8 Å². The first kappa shape index (κ1) is 25.9. The molecule has 0 unspecified atom stereocenters. The molecule has 2 aliphatic heterocycles. The molecule has 1 saturated heterocycles. The highest BCUT2D eigenvalue weighted by molar-refractivity contribution is 7.10. The lowest BCUT2D eigenvalue weighted by molar-refractivity contribution is -0.384. The first-order valence-corrected chi connectivity index (χ1v) is 13.5. The van der Waals surface area contributed by atoms with E-state index in [1.807, 2.05) is 24.0 Å². The van der Waals surface area contributed by atoms with Gasteiger partial charge in [-0.3, -0.25) is 24.6 Å². The number of thiophene rings is 1. The van der Waals surface area contributed by atoms with Crippen LogP contribution in [0.5, 0.6) is 5.75 Å². The molecule has 1 fully saturated rings. The van der Waals surface area contributed by atoms with Gasteiger partial charge in [0.1, 0.15) is 5.75 Å². The van der Waals surface area contributed by atoms with E-state index in [1.165, 1.54) is 28.6 Å². The quantitative estimate of drug-likeness (QED) is 0.351. The summed E-state index contributed by atoms with van der Waals surface area (Å²) in [5.74, 6) is 0.578. The van der Waals surface area contributed by atoms with Crippen molar-refractivity contribution in [2.45, 2.75) is 25.4 Å². The molecule has 0 saturated carbocycles. The number of hydrogen-bond donors (Lipinski definition) is 0. The number of carbonyl (C=O) groups excluding carboxylic acids is 2. The van der Waals surface area contributed by atoms with Gasteiger partial charge in [-0.2, -0.15) is 0 Å². The lowest BCUT2D eigenvalue weighted by Crippen LogP contribution is -2.57. The van der Waals surface area contributed by atoms with E-state index in [0.29, 0.717) is 19.6 Å². The molecule has 198 valence electrons. The van der Waals surface area contributed by atoms with Crippen LogP contribution in [0.4, 0.5) is 5.69 Å². The van der Waals surface area contributed by atoms with Crippen LogP contribution < -0.4 is 4.74 Å². The summed E-state index contributed by atoms with van der Waals surface area (Å²) in [5.41, 5.74) is 2.55. The molecular weight excluding hydrogens is 504 g/mol. The van der Waals surface area contributed by atoms with Crippen LogP contribution in [0.1, 0.15) is 39.3 Å². The average Bonchev–Trinajstić information content (AvgIpc) is 3.41. The van der Waals surface area contributed by atoms with E-state index >= 15 is 0 Å². The molecule has 5 rings (SSSR count). The van der Waals surface area contributed by atoms with Crippen molar-refractivity contribution in [1.82, 2.24) is 14.7 Å². The molecule has 0 spiro atoms. The molecule has 2 aromatic carbocycles. The Balaban J connectivity index is 1.27. The Kier molecular flexibility index (Phi) is 7.44. The van der Waals surface area contributed by atoms with Crippen LogP contribution in [-0.4, -0.2) is 77.3 Å². The molecule has 2 amide bonds. The molecule has 0 N–H and O–H groups in total. The lowest BCUT2D eigenvalue weighted by Gasteiger charge is -2.42. The van der Waals surface area contributed by atoms with Crippen LogP contribution in [0, 0.1) is 10.1 Å². The van der Waals surface area contributed by atoms with Gasteiger partial charge in [0.25, 0.3) is 11.6 Å². The predicted octanol–water partition coefficient (Wildman–Crippen LogP) is 3.99. The van der Waals surface area contributed by atoms with Crippen molar-refractivity contribution in [2.24, 2.45) is 0 Å². The Hall–Kier alpha value is -3.76. The summed E-state index contributed by atoms with van der Waals surface area (Å²) >= 11 is 1.76. The minimum atomic E-state index is -0.504. The molecule has 0 radical (unpaired) electrons. The third-order valence-electron chi connectivity index (χ3n) is 7.38. The Bertz CT molecular complexity index is 1340. The molecule has 0 bridgehead atoms. The largest absolute Gasteiger partial charge is 0.497 e. The number of rotatable bonds is 6. The smallest absolute Gasteiger partial charge is 0.270 e. The van der Waals surface area contributed by atoms with Gasteiger partial charge in [0.15, 0.2) is 0 Å². The summed E-state index contributed by atoms with van der Waals surface area (Å²) in [4.78, 5) is 44.3. The summed E-state index contributed by atoms with van der Waals surface area (Å²) in [6, 6.07) is 15.8. The normalized spacial score (nSPS) is 19.6. The van der Waals surface area contributed by atoms with Gasteiger partial charge in [0.2, 0.25) is 5.91 Å². The van der Waals surface area contributed by atoms with Gasteiger partial charge in [-0.15, -0.1) is 11.3 Å². The number of ether oxygens (including phenoxy) is 1. The number of non-ortho nitro benzene ring substituents is 1. The maximum Gasteiger partial charge on any atom is 0.270 e. The third-order valence-corrected chi connectivity index (χ3v) is 8.38. The number of amides is 2. The standard InChI is InChI=1S/C28H30N4O5S/c1-19-17-29(13-14-31(19)28(34)21-4-3-5-22(16-21)32(35)36)26(33)18-30-12-10-25-24(11-15-38-25)27(30)20-6-8-23(37-2)9-7-20/h3-9,11,15-16,19,27H,10,12-14,17-18H2,1-2H3/t19-,27-/m0/s1. The van der Waals surface area contributed by atoms with Gasteiger partial charge < -0.3 is 14.5 Å². The van der Waals surface area contributed by atoms with Crippen molar-refractivity contribution in [3.63, 3.8) is 0 Å². The number of methoxy groups -OCH3 is 1. The molecule has 1 aromatic heterocycles. The molecule has 2 atom stereocenters. The Morgan fingerprint density at radius 1 is 1.11 bits per heavy atom. The van der Waals surface area contributed by atoms with Gasteiger partial charge >= 0.3 is 0 Å². The number of piperazine rings is 1. The lowest BCUT2D eigenvalue weighted by atomic mass is 9.93. The van der Waals surface area contributed by atoms with E-state index in [4.69, 9.17) is 4.74 Å². The minimum Gasteiger partial charge on any atom is -0.497 e. The molecule has 38 heavy (non-hydrogen) atoms. The van der Waals surface area contributed by atoms with Crippen molar-refractivity contribution in [3.05, 3.63) is 91.7 Å². The maximum absolute atomic E-state index is 13.5. The van der Waals surface area contributed by atoms with Crippen molar-refractivity contribution < 1.29 is 19.2 Å². The Morgan fingerprint density at radius 3 is 2.61 bits per heavy atom. The van der Waals surface area contributed by atoms with Crippen LogP contribution in [0.3, 0.4) is 0 Å². The fourth-order valence-corrected chi connectivity index (χ4v) is 6.30. The van der Waals surface area contributed by atoms with Crippen molar-refractivity contribution >= 4 is 28.8 Å². The van der Waals surface area contributed by atoms with Gasteiger partial charge in [-0.25, -0.2) is 0 Å². The predicted molar refractivity (Wildman–Crippen MR) is 145 cm³/mol. The zero-order chi connectivity index (χ0) is 26.8. The average molecular weight is 535 g/mol. The fourth-order valence-electron chi connectivity index (χ4n) is 5.39. The maximum atomic E-state index is 13.5.